The van der Waals surface area contributed by atoms with E-state index in [1.807, 2.05) is 7.05 Å². The first-order chi connectivity index (χ1) is 9.48. The minimum Gasteiger partial charge on any atom is -0.373 e. The van der Waals surface area contributed by atoms with Gasteiger partial charge < -0.3 is 15.4 Å². The second-order valence-electron chi connectivity index (χ2n) is 7.38. The molecule has 2 saturated heterocycles. The van der Waals surface area contributed by atoms with Crippen LogP contribution in [0.2, 0.25) is 0 Å². The van der Waals surface area contributed by atoms with Crippen LogP contribution in [0.15, 0.2) is 4.99 Å². The van der Waals surface area contributed by atoms with Crippen LogP contribution in [-0.2, 0) is 4.74 Å². The second kappa shape index (κ2) is 8.56. The predicted molar refractivity (Wildman–Crippen MR) is 99.5 cm³/mol. The molecule has 2 heterocycles. The van der Waals surface area contributed by atoms with E-state index in [-0.39, 0.29) is 24.0 Å². The van der Waals surface area contributed by atoms with Crippen molar-refractivity contribution in [3.05, 3.63) is 0 Å². The van der Waals surface area contributed by atoms with Crippen molar-refractivity contribution >= 4 is 29.9 Å². The summed E-state index contributed by atoms with van der Waals surface area (Å²) in [5, 5.41) is 6.94. The van der Waals surface area contributed by atoms with Crippen LogP contribution in [0.25, 0.3) is 0 Å². The lowest BCUT2D eigenvalue weighted by atomic mass is 9.90. The third kappa shape index (κ3) is 6.30. The standard InChI is InChI=1S/C16H31N3O.HI/c1-16(2,3)9-5-6-10-18-15(17-4)19-13-11-12-7-8-14(13)20-12;/h12-14H,5-11H2,1-4H3,(H2,17,18,19);1H. The van der Waals surface area contributed by atoms with Crippen molar-refractivity contribution in [2.24, 2.45) is 10.4 Å². The van der Waals surface area contributed by atoms with Crippen LogP contribution in [0, 0.1) is 5.41 Å². The SMILES string of the molecule is CN=C(NCCCCC(C)(C)C)NC1CC2CCC1O2.I. The molecule has 0 aromatic carbocycles. The molecular formula is C16H32IN3O. The number of ether oxygens (including phenoxy) is 1. The Morgan fingerprint density at radius 3 is 2.52 bits per heavy atom. The van der Waals surface area contributed by atoms with Gasteiger partial charge in [-0.25, -0.2) is 0 Å². The molecule has 0 radical (unpaired) electrons. The van der Waals surface area contributed by atoms with Gasteiger partial charge in [-0.2, -0.15) is 0 Å². The molecule has 2 aliphatic rings. The Labute approximate surface area is 146 Å². The zero-order valence-electron chi connectivity index (χ0n) is 13.9. The van der Waals surface area contributed by atoms with Gasteiger partial charge in [-0.3, -0.25) is 4.99 Å². The molecule has 0 spiro atoms. The quantitative estimate of drug-likeness (QED) is 0.317. The predicted octanol–water partition coefficient (Wildman–Crippen LogP) is 3.31. The van der Waals surface area contributed by atoms with E-state index in [0.717, 1.165) is 18.9 Å². The fraction of sp³-hybridized carbons (Fsp3) is 0.938. The minimum atomic E-state index is 0. The van der Waals surface area contributed by atoms with Crippen molar-refractivity contribution in [2.75, 3.05) is 13.6 Å². The largest absolute Gasteiger partial charge is 0.373 e. The average Bonchev–Trinajstić information content (AvgIpc) is 2.97. The molecule has 2 bridgehead atoms. The van der Waals surface area contributed by atoms with Crippen molar-refractivity contribution in [1.82, 2.24) is 10.6 Å². The van der Waals surface area contributed by atoms with E-state index in [4.69, 9.17) is 4.74 Å². The van der Waals surface area contributed by atoms with Crippen LogP contribution in [0.4, 0.5) is 0 Å². The Hall–Kier alpha value is -0.0400. The van der Waals surface area contributed by atoms with Gasteiger partial charge in [0.1, 0.15) is 0 Å². The summed E-state index contributed by atoms with van der Waals surface area (Å²) < 4.78 is 5.87. The summed E-state index contributed by atoms with van der Waals surface area (Å²) >= 11 is 0. The first-order valence-electron chi connectivity index (χ1n) is 8.10. The lowest BCUT2D eigenvalue weighted by Crippen LogP contribution is -2.47. The number of fused-ring (bicyclic) bond motifs is 2. The van der Waals surface area contributed by atoms with E-state index in [0.29, 0.717) is 23.7 Å². The molecule has 4 nitrogen and oxygen atoms in total. The molecule has 2 N–H and O–H groups in total. The molecule has 5 heteroatoms. The second-order valence-corrected chi connectivity index (χ2v) is 7.38. The van der Waals surface area contributed by atoms with Gasteiger partial charge in [0.2, 0.25) is 0 Å². The molecule has 2 rings (SSSR count). The minimum absolute atomic E-state index is 0. The van der Waals surface area contributed by atoms with Crippen LogP contribution < -0.4 is 10.6 Å². The summed E-state index contributed by atoms with van der Waals surface area (Å²) in [6.07, 6.45) is 8.21. The molecule has 0 aromatic rings. The summed E-state index contributed by atoms with van der Waals surface area (Å²) in [5.74, 6) is 0.932. The molecule has 2 aliphatic heterocycles. The number of nitrogens with zero attached hydrogens (tertiary/aromatic N) is 1. The molecule has 0 amide bonds. The Kier molecular flexibility index (Phi) is 7.74. The van der Waals surface area contributed by atoms with E-state index in [1.165, 1.54) is 32.1 Å². The van der Waals surface area contributed by atoms with Crippen LogP contribution in [0.5, 0.6) is 0 Å². The molecule has 124 valence electrons. The number of rotatable bonds is 5. The van der Waals surface area contributed by atoms with Crippen LogP contribution in [-0.4, -0.2) is 37.8 Å². The van der Waals surface area contributed by atoms with Gasteiger partial charge in [-0.15, -0.1) is 24.0 Å². The van der Waals surface area contributed by atoms with E-state index in [2.05, 4.69) is 36.4 Å². The number of nitrogens with one attached hydrogen (secondary N) is 2. The summed E-state index contributed by atoms with van der Waals surface area (Å²) in [7, 11) is 1.85. The first-order valence-corrected chi connectivity index (χ1v) is 8.10. The monoisotopic (exact) mass is 409 g/mol. The lowest BCUT2D eigenvalue weighted by Gasteiger charge is -2.23. The van der Waals surface area contributed by atoms with Gasteiger partial charge in [0, 0.05) is 13.6 Å². The fourth-order valence-corrected chi connectivity index (χ4v) is 3.15. The van der Waals surface area contributed by atoms with Crippen molar-refractivity contribution in [3.8, 4) is 0 Å². The van der Waals surface area contributed by atoms with Gasteiger partial charge in [0.15, 0.2) is 5.96 Å². The van der Waals surface area contributed by atoms with E-state index in [1.54, 1.807) is 0 Å². The average molecular weight is 409 g/mol. The number of aliphatic imine (C=N–C) groups is 1. The highest BCUT2D eigenvalue weighted by molar-refractivity contribution is 14.0. The highest BCUT2D eigenvalue weighted by Gasteiger charge is 2.41. The molecule has 0 saturated carbocycles. The Bertz CT molecular complexity index is 341. The topological polar surface area (TPSA) is 45.7 Å². The summed E-state index contributed by atoms with van der Waals surface area (Å²) in [6, 6.07) is 0.453. The van der Waals surface area contributed by atoms with Crippen LogP contribution in [0.1, 0.15) is 59.3 Å². The maximum atomic E-state index is 5.87. The molecule has 3 unspecified atom stereocenters. The molecule has 0 aliphatic carbocycles. The fourth-order valence-electron chi connectivity index (χ4n) is 3.15. The van der Waals surface area contributed by atoms with Gasteiger partial charge in [0.05, 0.1) is 18.2 Å². The third-order valence-electron chi connectivity index (χ3n) is 4.30. The summed E-state index contributed by atoms with van der Waals surface area (Å²) in [5.41, 5.74) is 0.445. The summed E-state index contributed by atoms with van der Waals surface area (Å²) in [4.78, 5) is 4.32. The lowest BCUT2D eigenvalue weighted by molar-refractivity contribution is 0.0992. The molecule has 3 atom stereocenters. The number of guanidine groups is 1. The zero-order valence-corrected chi connectivity index (χ0v) is 16.3. The van der Waals surface area contributed by atoms with Gasteiger partial charge in [0.25, 0.3) is 0 Å². The molecular weight excluding hydrogens is 377 g/mol. The maximum absolute atomic E-state index is 5.87. The molecule has 0 aromatic heterocycles. The van der Waals surface area contributed by atoms with E-state index < -0.39 is 0 Å². The Balaban J connectivity index is 0.00000220. The highest BCUT2D eigenvalue weighted by Crippen LogP contribution is 2.34. The van der Waals surface area contributed by atoms with Crippen molar-refractivity contribution in [1.29, 1.82) is 0 Å². The zero-order chi connectivity index (χ0) is 14.6. The Morgan fingerprint density at radius 1 is 1.24 bits per heavy atom. The van der Waals surface area contributed by atoms with E-state index >= 15 is 0 Å². The number of hydrogen-bond acceptors (Lipinski definition) is 2. The third-order valence-corrected chi connectivity index (χ3v) is 4.30. The van der Waals surface area contributed by atoms with Crippen molar-refractivity contribution < 1.29 is 4.74 Å². The maximum Gasteiger partial charge on any atom is 0.191 e. The van der Waals surface area contributed by atoms with Crippen molar-refractivity contribution in [3.63, 3.8) is 0 Å². The van der Waals surface area contributed by atoms with E-state index in [9.17, 15) is 0 Å². The highest BCUT2D eigenvalue weighted by atomic mass is 127. The number of hydrogen-bond donors (Lipinski definition) is 2. The first kappa shape index (κ1) is 19.0. The molecule has 21 heavy (non-hydrogen) atoms. The van der Waals surface area contributed by atoms with Crippen molar-refractivity contribution in [2.45, 2.75) is 77.5 Å². The Morgan fingerprint density at radius 2 is 2.00 bits per heavy atom. The smallest absolute Gasteiger partial charge is 0.191 e. The van der Waals surface area contributed by atoms with Crippen LogP contribution >= 0.6 is 24.0 Å². The molecule has 2 fully saturated rings. The number of unbranched alkanes of at least 4 members (excludes halogenated alkanes) is 1. The summed E-state index contributed by atoms with van der Waals surface area (Å²) in [6.45, 7) is 7.90. The van der Waals surface area contributed by atoms with Gasteiger partial charge in [-0.05, 0) is 37.5 Å². The van der Waals surface area contributed by atoms with Crippen LogP contribution in [0.3, 0.4) is 0 Å². The van der Waals surface area contributed by atoms with Gasteiger partial charge in [-0.1, -0.05) is 27.2 Å². The normalized spacial score (nSPS) is 28.4. The number of halogens is 1. The van der Waals surface area contributed by atoms with Gasteiger partial charge >= 0.3 is 0 Å².